The van der Waals surface area contributed by atoms with Crippen LogP contribution in [0, 0.1) is 0 Å². The maximum Gasteiger partial charge on any atom is 0.164 e. The molecule has 0 aliphatic heterocycles. The Morgan fingerprint density at radius 2 is 2.07 bits per heavy atom. The summed E-state index contributed by atoms with van der Waals surface area (Å²) in [5.41, 5.74) is 6.07. The molecule has 76 valence electrons. The number of nitrogens with two attached hydrogens (primary N) is 1. The van der Waals surface area contributed by atoms with Gasteiger partial charge in [0.05, 0.1) is 10.0 Å². The number of carbonyl (C=O) groups excluding carboxylic acids is 1. The normalized spacial score (nSPS) is 12.6. The van der Waals surface area contributed by atoms with Crippen LogP contribution in [0.1, 0.15) is 23.7 Å². The van der Waals surface area contributed by atoms with Crippen molar-refractivity contribution in [2.75, 3.05) is 0 Å². The molecule has 2 N–H and O–H groups in total. The van der Waals surface area contributed by atoms with Crippen LogP contribution in [0.4, 0.5) is 0 Å². The summed E-state index contributed by atoms with van der Waals surface area (Å²) in [5.74, 6) is -0.0152. The Hall–Kier alpha value is -0.570. The average Bonchev–Trinajstić information content (AvgIpc) is 2.08. The fourth-order valence-corrected chi connectivity index (χ4v) is 1.38. The van der Waals surface area contributed by atoms with Gasteiger partial charge in [-0.05, 0) is 25.1 Å². The first-order chi connectivity index (χ1) is 6.50. The number of rotatable bonds is 3. The van der Waals surface area contributed by atoms with E-state index < -0.39 is 0 Å². The van der Waals surface area contributed by atoms with Gasteiger partial charge in [0.2, 0.25) is 0 Å². The Labute approximate surface area is 93.0 Å². The summed E-state index contributed by atoms with van der Waals surface area (Å²) in [4.78, 5) is 11.5. The highest BCUT2D eigenvalue weighted by Crippen LogP contribution is 2.23. The van der Waals surface area contributed by atoms with E-state index in [4.69, 9.17) is 28.9 Å². The zero-order chi connectivity index (χ0) is 10.7. The summed E-state index contributed by atoms with van der Waals surface area (Å²) in [6.07, 6.45) is 0.317. The summed E-state index contributed by atoms with van der Waals surface area (Å²) in [6.45, 7) is 1.79. The Balaban J connectivity index is 2.86. The van der Waals surface area contributed by atoms with Crippen molar-refractivity contribution in [1.29, 1.82) is 0 Å². The summed E-state index contributed by atoms with van der Waals surface area (Å²) in [5, 5.41) is 0.839. The van der Waals surface area contributed by atoms with Gasteiger partial charge >= 0.3 is 0 Å². The molecule has 0 saturated carbocycles. The standard InChI is InChI=1S/C10H11Cl2NO/c1-6(13)4-10(14)7-2-3-8(11)9(12)5-7/h2-3,5-6H,4,13H2,1H3. The van der Waals surface area contributed by atoms with Crippen LogP contribution >= 0.6 is 23.2 Å². The molecule has 1 unspecified atom stereocenters. The van der Waals surface area contributed by atoms with Crippen molar-refractivity contribution in [3.8, 4) is 0 Å². The summed E-state index contributed by atoms with van der Waals surface area (Å²) in [7, 11) is 0. The highest BCUT2D eigenvalue weighted by molar-refractivity contribution is 6.42. The number of hydrogen-bond donors (Lipinski definition) is 1. The van der Waals surface area contributed by atoms with Crippen LogP contribution in [0.15, 0.2) is 18.2 Å². The van der Waals surface area contributed by atoms with E-state index >= 15 is 0 Å². The molecule has 0 heterocycles. The van der Waals surface area contributed by atoms with Crippen LogP contribution in [0.5, 0.6) is 0 Å². The number of ketones is 1. The average molecular weight is 232 g/mol. The minimum atomic E-state index is -0.142. The first-order valence-corrected chi connectivity index (χ1v) is 5.00. The van der Waals surface area contributed by atoms with Crippen molar-refractivity contribution in [2.45, 2.75) is 19.4 Å². The SMILES string of the molecule is CC(N)CC(=O)c1ccc(Cl)c(Cl)c1. The second-order valence-corrected chi connectivity index (χ2v) is 4.05. The molecule has 0 spiro atoms. The monoisotopic (exact) mass is 231 g/mol. The van der Waals surface area contributed by atoms with Gasteiger partial charge in [0.15, 0.2) is 5.78 Å². The van der Waals surface area contributed by atoms with Gasteiger partial charge in [-0.1, -0.05) is 23.2 Å². The molecule has 0 saturated heterocycles. The van der Waals surface area contributed by atoms with E-state index in [-0.39, 0.29) is 11.8 Å². The van der Waals surface area contributed by atoms with Crippen molar-refractivity contribution >= 4 is 29.0 Å². The van der Waals surface area contributed by atoms with Crippen LogP contribution in [0.25, 0.3) is 0 Å². The van der Waals surface area contributed by atoms with Gasteiger partial charge in [0, 0.05) is 18.0 Å². The van der Waals surface area contributed by atoms with Crippen LogP contribution in [-0.4, -0.2) is 11.8 Å². The Morgan fingerprint density at radius 3 is 2.57 bits per heavy atom. The van der Waals surface area contributed by atoms with Crippen molar-refractivity contribution in [3.05, 3.63) is 33.8 Å². The molecule has 1 rings (SSSR count). The van der Waals surface area contributed by atoms with Gasteiger partial charge in [-0.25, -0.2) is 0 Å². The quantitative estimate of drug-likeness (QED) is 0.814. The third-order valence-electron chi connectivity index (χ3n) is 1.75. The van der Waals surface area contributed by atoms with Crippen LogP contribution in [-0.2, 0) is 0 Å². The predicted octanol–water partition coefficient (Wildman–Crippen LogP) is 2.91. The molecule has 2 nitrogen and oxygen atoms in total. The number of Topliss-reactive ketones (excluding diaryl/α,β-unsaturated/α-hetero) is 1. The van der Waals surface area contributed by atoms with E-state index in [1.165, 1.54) is 0 Å². The van der Waals surface area contributed by atoms with Gasteiger partial charge in [0.25, 0.3) is 0 Å². The van der Waals surface area contributed by atoms with Crippen molar-refractivity contribution in [3.63, 3.8) is 0 Å². The molecule has 4 heteroatoms. The smallest absolute Gasteiger partial charge is 0.164 e. The van der Waals surface area contributed by atoms with E-state index in [0.717, 1.165) is 0 Å². The number of halogens is 2. The van der Waals surface area contributed by atoms with Gasteiger partial charge in [-0.2, -0.15) is 0 Å². The molecular formula is C10H11Cl2NO. The molecule has 1 aromatic rings. The number of carbonyl (C=O) groups is 1. The lowest BCUT2D eigenvalue weighted by molar-refractivity contribution is 0.0976. The molecule has 0 aliphatic rings. The molecular weight excluding hydrogens is 221 g/mol. The van der Waals surface area contributed by atoms with E-state index in [0.29, 0.717) is 22.0 Å². The molecule has 0 fully saturated rings. The lowest BCUT2D eigenvalue weighted by Gasteiger charge is -2.04. The van der Waals surface area contributed by atoms with E-state index in [2.05, 4.69) is 0 Å². The Kier molecular flexibility index (Phi) is 3.93. The zero-order valence-electron chi connectivity index (χ0n) is 7.76. The molecule has 0 amide bonds. The fraction of sp³-hybridized carbons (Fsp3) is 0.300. The summed E-state index contributed by atoms with van der Waals surface area (Å²) in [6, 6.07) is 4.68. The zero-order valence-corrected chi connectivity index (χ0v) is 9.27. The largest absolute Gasteiger partial charge is 0.328 e. The van der Waals surface area contributed by atoms with Gasteiger partial charge in [0.1, 0.15) is 0 Å². The summed E-state index contributed by atoms with van der Waals surface area (Å²) >= 11 is 11.5. The minimum absolute atomic E-state index is 0.0152. The lowest BCUT2D eigenvalue weighted by Crippen LogP contribution is -2.19. The van der Waals surface area contributed by atoms with Gasteiger partial charge in [-0.15, -0.1) is 0 Å². The van der Waals surface area contributed by atoms with E-state index in [9.17, 15) is 4.79 Å². The third-order valence-corrected chi connectivity index (χ3v) is 2.49. The molecule has 0 radical (unpaired) electrons. The highest BCUT2D eigenvalue weighted by Gasteiger charge is 2.09. The minimum Gasteiger partial charge on any atom is -0.328 e. The van der Waals surface area contributed by atoms with E-state index in [1.807, 2.05) is 0 Å². The van der Waals surface area contributed by atoms with Crippen molar-refractivity contribution < 1.29 is 4.79 Å². The second-order valence-electron chi connectivity index (χ2n) is 3.23. The Bertz CT molecular complexity index is 350. The fourth-order valence-electron chi connectivity index (χ4n) is 1.08. The predicted molar refractivity (Wildman–Crippen MR) is 59.1 cm³/mol. The topological polar surface area (TPSA) is 43.1 Å². The third kappa shape index (κ3) is 2.98. The maximum atomic E-state index is 11.5. The van der Waals surface area contributed by atoms with E-state index in [1.54, 1.807) is 25.1 Å². The molecule has 1 aromatic carbocycles. The molecule has 0 aromatic heterocycles. The summed E-state index contributed by atoms with van der Waals surface area (Å²) < 4.78 is 0. The van der Waals surface area contributed by atoms with Crippen LogP contribution < -0.4 is 5.73 Å². The van der Waals surface area contributed by atoms with Crippen molar-refractivity contribution in [2.24, 2.45) is 5.73 Å². The maximum absolute atomic E-state index is 11.5. The Morgan fingerprint density at radius 1 is 1.43 bits per heavy atom. The molecule has 14 heavy (non-hydrogen) atoms. The van der Waals surface area contributed by atoms with Crippen molar-refractivity contribution in [1.82, 2.24) is 0 Å². The van der Waals surface area contributed by atoms with Gasteiger partial charge < -0.3 is 5.73 Å². The molecule has 1 atom stereocenters. The first kappa shape index (κ1) is 11.5. The molecule has 0 aliphatic carbocycles. The molecule has 0 bridgehead atoms. The lowest BCUT2D eigenvalue weighted by atomic mass is 10.1. The highest BCUT2D eigenvalue weighted by atomic mass is 35.5. The number of hydrogen-bond acceptors (Lipinski definition) is 2. The van der Waals surface area contributed by atoms with Gasteiger partial charge in [-0.3, -0.25) is 4.79 Å². The van der Waals surface area contributed by atoms with Crippen LogP contribution in [0.3, 0.4) is 0 Å². The second kappa shape index (κ2) is 4.78. The first-order valence-electron chi connectivity index (χ1n) is 4.24. The van der Waals surface area contributed by atoms with Crippen LogP contribution in [0.2, 0.25) is 10.0 Å². The number of benzene rings is 1.